The molecule has 23 heavy (non-hydrogen) atoms. The Morgan fingerprint density at radius 1 is 1.30 bits per heavy atom. The SMILES string of the molecule is CCOC(=O)Cc1nc(-c2ccc(Cl)cc2)sc1-c1ccco1. The summed E-state index contributed by atoms with van der Waals surface area (Å²) in [7, 11) is 0. The number of aromatic nitrogens is 1. The van der Waals surface area contributed by atoms with Crippen LogP contribution in [-0.4, -0.2) is 17.6 Å². The number of carbonyl (C=O) groups is 1. The molecule has 0 spiro atoms. The summed E-state index contributed by atoms with van der Waals surface area (Å²) >= 11 is 7.41. The van der Waals surface area contributed by atoms with E-state index in [1.165, 1.54) is 11.3 Å². The maximum absolute atomic E-state index is 11.8. The van der Waals surface area contributed by atoms with Crippen molar-refractivity contribution in [2.24, 2.45) is 0 Å². The first kappa shape index (κ1) is 15.8. The number of rotatable bonds is 5. The highest BCUT2D eigenvalue weighted by Crippen LogP contribution is 2.36. The van der Waals surface area contributed by atoms with Gasteiger partial charge in [-0.25, -0.2) is 4.98 Å². The van der Waals surface area contributed by atoms with Gasteiger partial charge in [-0.2, -0.15) is 0 Å². The highest BCUT2D eigenvalue weighted by molar-refractivity contribution is 7.18. The summed E-state index contributed by atoms with van der Waals surface area (Å²) in [6.45, 7) is 2.13. The van der Waals surface area contributed by atoms with Crippen LogP contribution >= 0.6 is 22.9 Å². The molecule has 0 atom stereocenters. The van der Waals surface area contributed by atoms with Gasteiger partial charge in [0.25, 0.3) is 0 Å². The summed E-state index contributed by atoms with van der Waals surface area (Å²) in [4.78, 5) is 17.3. The molecule has 1 aromatic carbocycles. The van der Waals surface area contributed by atoms with Gasteiger partial charge in [-0.1, -0.05) is 23.7 Å². The summed E-state index contributed by atoms with van der Waals surface area (Å²) in [5, 5.41) is 1.48. The Labute approximate surface area is 142 Å². The summed E-state index contributed by atoms with van der Waals surface area (Å²) in [5.74, 6) is 0.398. The van der Waals surface area contributed by atoms with Gasteiger partial charge in [0, 0.05) is 10.6 Å². The third-order valence-corrected chi connectivity index (χ3v) is 4.56. The van der Waals surface area contributed by atoms with Gasteiger partial charge in [-0.05, 0) is 31.2 Å². The first-order valence-corrected chi connectivity index (χ1v) is 8.32. The lowest BCUT2D eigenvalue weighted by atomic mass is 10.2. The van der Waals surface area contributed by atoms with Crippen LogP contribution in [0.15, 0.2) is 47.1 Å². The van der Waals surface area contributed by atoms with Crippen LogP contribution in [0.1, 0.15) is 12.6 Å². The molecular formula is C17H14ClNO3S. The van der Waals surface area contributed by atoms with E-state index in [-0.39, 0.29) is 12.4 Å². The molecule has 0 unspecified atom stereocenters. The molecule has 0 saturated carbocycles. The predicted molar refractivity (Wildman–Crippen MR) is 90.6 cm³/mol. The second-order valence-electron chi connectivity index (χ2n) is 4.76. The van der Waals surface area contributed by atoms with Gasteiger partial charge in [0.15, 0.2) is 0 Å². The molecule has 0 saturated heterocycles. The summed E-state index contributed by atoms with van der Waals surface area (Å²) < 4.78 is 10.5. The van der Waals surface area contributed by atoms with Crippen LogP contribution in [0.3, 0.4) is 0 Å². The van der Waals surface area contributed by atoms with Crippen molar-refractivity contribution < 1.29 is 13.9 Å². The lowest BCUT2D eigenvalue weighted by Crippen LogP contribution is -2.08. The standard InChI is InChI=1S/C17H14ClNO3S/c1-2-21-15(20)10-13-16(14-4-3-9-22-14)23-17(19-13)11-5-7-12(18)8-6-11/h3-9H,2,10H2,1H3. The van der Waals surface area contributed by atoms with E-state index >= 15 is 0 Å². The van der Waals surface area contributed by atoms with E-state index in [0.29, 0.717) is 23.1 Å². The first-order chi connectivity index (χ1) is 11.2. The van der Waals surface area contributed by atoms with Gasteiger partial charge >= 0.3 is 5.97 Å². The number of furan rings is 1. The number of nitrogens with zero attached hydrogens (tertiary/aromatic N) is 1. The van der Waals surface area contributed by atoms with Crippen molar-refractivity contribution in [1.29, 1.82) is 0 Å². The Morgan fingerprint density at radius 2 is 2.09 bits per heavy atom. The monoisotopic (exact) mass is 347 g/mol. The van der Waals surface area contributed by atoms with Gasteiger partial charge in [0.05, 0.1) is 29.9 Å². The van der Waals surface area contributed by atoms with Crippen LogP contribution in [0, 0.1) is 0 Å². The molecule has 118 valence electrons. The number of esters is 1. The first-order valence-electron chi connectivity index (χ1n) is 7.12. The average Bonchev–Trinajstić information content (AvgIpc) is 3.17. The number of thiazole rings is 1. The fraction of sp³-hybridized carbons (Fsp3) is 0.176. The van der Waals surface area contributed by atoms with Crippen molar-refractivity contribution in [1.82, 2.24) is 4.98 Å². The van der Waals surface area contributed by atoms with Crippen LogP contribution in [0.25, 0.3) is 21.2 Å². The average molecular weight is 348 g/mol. The van der Waals surface area contributed by atoms with Crippen molar-refractivity contribution >= 4 is 28.9 Å². The maximum atomic E-state index is 11.8. The van der Waals surface area contributed by atoms with Crippen molar-refractivity contribution in [2.45, 2.75) is 13.3 Å². The van der Waals surface area contributed by atoms with E-state index in [4.69, 9.17) is 20.8 Å². The number of carbonyl (C=O) groups excluding carboxylic acids is 1. The Bertz CT molecular complexity index is 794. The molecule has 3 rings (SSSR count). The van der Waals surface area contributed by atoms with Crippen molar-refractivity contribution in [2.75, 3.05) is 6.61 Å². The number of hydrogen-bond donors (Lipinski definition) is 0. The van der Waals surface area contributed by atoms with E-state index < -0.39 is 0 Å². The highest BCUT2D eigenvalue weighted by Gasteiger charge is 2.19. The van der Waals surface area contributed by atoms with Crippen LogP contribution in [-0.2, 0) is 16.0 Å². The zero-order valence-corrected chi connectivity index (χ0v) is 14.0. The van der Waals surface area contributed by atoms with E-state index in [0.717, 1.165) is 15.4 Å². The summed E-state index contributed by atoms with van der Waals surface area (Å²) in [6.07, 6.45) is 1.72. The zero-order chi connectivity index (χ0) is 16.2. The summed E-state index contributed by atoms with van der Waals surface area (Å²) in [6, 6.07) is 11.1. The van der Waals surface area contributed by atoms with Crippen LogP contribution in [0.2, 0.25) is 5.02 Å². The van der Waals surface area contributed by atoms with Gasteiger partial charge in [-0.3, -0.25) is 4.79 Å². The Hall–Kier alpha value is -2.11. The largest absolute Gasteiger partial charge is 0.466 e. The minimum absolute atomic E-state index is 0.119. The second kappa shape index (κ2) is 6.98. The lowest BCUT2D eigenvalue weighted by molar-refractivity contribution is -0.142. The lowest BCUT2D eigenvalue weighted by Gasteiger charge is -2.00. The Kier molecular flexibility index (Phi) is 4.79. The third kappa shape index (κ3) is 3.63. The van der Waals surface area contributed by atoms with E-state index in [9.17, 15) is 4.79 Å². The quantitative estimate of drug-likeness (QED) is 0.620. The normalized spacial score (nSPS) is 10.7. The van der Waals surface area contributed by atoms with E-state index in [1.54, 1.807) is 13.2 Å². The molecule has 0 amide bonds. The van der Waals surface area contributed by atoms with Crippen molar-refractivity contribution in [3.8, 4) is 21.2 Å². The molecule has 0 radical (unpaired) electrons. The van der Waals surface area contributed by atoms with E-state index in [1.807, 2.05) is 36.4 Å². The molecule has 0 aliphatic heterocycles. The Morgan fingerprint density at radius 3 is 2.74 bits per heavy atom. The number of hydrogen-bond acceptors (Lipinski definition) is 5. The number of ether oxygens (including phenoxy) is 1. The van der Waals surface area contributed by atoms with Gasteiger partial charge < -0.3 is 9.15 Å². The smallest absolute Gasteiger partial charge is 0.311 e. The van der Waals surface area contributed by atoms with E-state index in [2.05, 4.69) is 4.98 Å². The fourth-order valence-corrected chi connectivity index (χ4v) is 3.32. The van der Waals surface area contributed by atoms with Gasteiger partial charge in [-0.15, -0.1) is 11.3 Å². The molecule has 6 heteroatoms. The second-order valence-corrected chi connectivity index (χ2v) is 6.20. The van der Waals surface area contributed by atoms with Gasteiger partial charge in [0.2, 0.25) is 0 Å². The van der Waals surface area contributed by atoms with Crippen LogP contribution < -0.4 is 0 Å². The Balaban J connectivity index is 1.99. The number of benzene rings is 1. The zero-order valence-electron chi connectivity index (χ0n) is 12.4. The molecule has 2 heterocycles. The summed E-state index contributed by atoms with van der Waals surface area (Å²) in [5.41, 5.74) is 1.61. The number of halogens is 1. The minimum atomic E-state index is -0.298. The maximum Gasteiger partial charge on any atom is 0.311 e. The molecule has 0 aliphatic carbocycles. The molecule has 3 aromatic rings. The van der Waals surface area contributed by atoms with Crippen molar-refractivity contribution in [3.63, 3.8) is 0 Å². The van der Waals surface area contributed by atoms with Crippen LogP contribution in [0.5, 0.6) is 0 Å². The topological polar surface area (TPSA) is 52.3 Å². The third-order valence-electron chi connectivity index (χ3n) is 3.15. The highest BCUT2D eigenvalue weighted by atomic mass is 35.5. The molecule has 0 aliphatic rings. The van der Waals surface area contributed by atoms with Gasteiger partial charge in [0.1, 0.15) is 10.8 Å². The van der Waals surface area contributed by atoms with Crippen LogP contribution in [0.4, 0.5) is 0 Å². The molecule has 0 N–H and O–H groups in total. The predicted octanol–water partition coefficient (Wildman–Crippen LogP) is 4.83. The fourth-order valence-electron chi connectivity index (χ4n) is 2.14. The minimum Gasteiger partial charge on any atom is -0.466 e. The molecule has 2 aromatic heterocycles. The molecule has 4 nitrogen and oxygen atoms in total. The molecular weight excluding hydrogens is 334 g/mol. The molecule has 0 bridgehead atoms. The van der Waals surface area contributed by atoms with Crippen molar-refractivity contribution in [3.05, 3.63) is 53.4 Å². The molecule has 0 fully saturated rings.